The van der Waals surface area contributed by atoms with E-state index >= 15 is 0 Å². The van der Waals surface area contributed by atoms with Crippen molar-refractivity contribution in [3.05, 3.63) is 12.2 Å². The Bertz CT molecular complexity index is 637. The SMILES string of the molecule is CC(=O)OC1CCC2(C)C(CCC3C4CCC(C(C)=O)C4(C)C=CC32)C1. The van der Waals surface area contributed by atoms with E-state index < -0.39 is 0 Å². The maximum Gasteiger partial charge on any atom is 0.302 e. The molecule has 0 aromatic heterocycles. The number of esters is 1. The average Bonchev–Trinajstić information content (AvgIpc) is 2.92. The lowest BCUT2D eigenvalue weighted by molar-refractivity contribution is -0.154. The monoisotopic (exact) mass is 358 g/mol. The van der Waals surface area contributed by atoms with E-state index in [1.807, 2.05) is 0 Å². The fourth-order valence-corrected chi connectivity index (χ4v) is 7.58. The van der Waals surface area contributed by atoms with Crippen LogP contribution in [0.1, 0.15) is 72.6 Å². The summed E-state index contributed by atoms with van der Waals surface area (Å²) in [6.07, 6.45) is 13.0. The highest BCUT2D eigenvalue weighted by atomic mass is 16.5. The van der Waals surface area contributed by atoms with Crippen molar-refractivity contribution < 1.29 is 14.3 Å². The van der Waals surface area contributed by atoms with Gasteiger partial charge >= 0.3 is 5.97 Å². The van der Waals surface area contributed by atoms with E-state index in [0.29, 0.717) is 29.0 Å². The van der Waals surface area contributed by atoms with Crippen molar-refractivity contribution in [2.45, 2.75) is 78.7 Å². The van der Waals surface area contributed by atoms with E-state index in [-0.39, 0.29) is 23.4 Å². The Labute approximate surface area is 157 Å². The van der Waals surface area contributed by atoms with Gasteiger partial charge in [0.2, 0.25) is 0 Å². The molecule has 0 saturated heterocycles. The van der Waals surface area contributed by atoms with Crippen LogP contribution in [0.15, 0.2) is 12.2 Å². The third-order valence-corrected chi connectivity index (χ3v) is 8.88. The van der Waals surface area contributed by atoms with Crippen molar-refractivity contribution >= 4 is 11.8 Å². The zero-order valence-electron chi connectivity index (χ0n) is 16.8. The van der Waals surface area contributed by atoms with Gasteiger partial charge in [-0.2, -0.15) is 0 Å². The maximum atomic E-state index is 12.2. The van der Waals surface area contributed by atoms with Crippen molar-refractivity contribution in [3.63, 3.8) is 0 Å². The minimum Gasteiger partial charge on any atom is -0.463 e. The van der Waals surface area contributed by atoms with Crippen LogP contribution in [-0.2, 0) is 14.3 Å². The first-order valence-corrected chi connectivity index (χ1v) is 10.6. The lowest BCUT2D eigenvalue weighted by atomic mass is 9.46. The summed E-state index contributed by atoms with van der Waals surface area (Å²) in [6.45, 7) is 8.14. The van der Waals surface area contributed by atoms with E-state index in [2.05, 4.69) is 26.0 Å². The molecular weight excluding hydrogens is 324 g/mol. The highest BCUT2D eigenvalue weighted by molar-refractivity contribution is 5.80. The van der Waals surface area contributed by atoms with E-state index in [4.69, 9.17) is 4.74 Å². The summed E-state index contributed by atoms with van der Waals surface area (Å²) in [4.78, 5) is 23.6. The van der Waals surface area contributed by atoms with Crippen molar-refractivity contribution in [1.82, 2.24) is 0 Å². The lowest BCUT2D eigenvalue weighted by Gasteiger charge is -2.58. The first kappa shape index (κ1) is 18.3. The molecule has 3 fully saturated rings. The van der Waals surface area contributed by atoms with Crippen LogP contribution >= 0.6 is 0 Å². The fourth-order valence-electron chi connectivity index (χ4n) is 7.58. The first-order chi connectivity index (χ1) is 12.3. The van der Waals surface area contributed by atoms with Crippen LogP contribution in [0.3, 0.4) is 0 Å². The Morgan fingerprint density at radius 2 is 1.81 bits per heavy atom. The van der Waals surface area contributed by atoms with Gasteiger partial charge in [0.25, 0.3) is 0 Å². The second kappa shape index (κ2) is 6.21. The average molecular weight is 359 g/mol. The van der Waals surface area contributed by atoms with Gasteiger partial charge < -0.3 is 4.74 Å². The molecule has 8 atom stereocenters. The van der Waals surface area contributed by atoms with Crippen LogP contribution < -0.4 is 0 Å². The number of fused-ring (bicyclic) bond motifs is 5. The van der Waals surface area contributed by atoms with Gasteiger partial charge in [-0.3, -0.25) is 9.59 Å². The second-order valence-corrected chi connectivity index (χ2v) is 10.0. The van der Waals surface area contributed by atoms with Crippen LogP contribution in [0.25, 0.3) is 0 Å². The molecule has 0 heterocycles. The van der Waals surface area contributed by atoms with Crippen LogP contribution in [0.4, 0.5) is 0 Å². The third-order valence-electron chi connectivity index (χ3n) is 8.88. The largest absolute Gasteiger partial charge is 0.463 e. The van der Waals surface area contributed by atoms with E-state index in [1.165, 1.54) is 26.2 Å². The Morgan fingerprint density at radius 3 is 2.50 bits per heavy atom. The van der Waals surface area contributed by atoms with Gasteiger partial charge in [0, 0.05) is 12.8 Å². The zero-order valence-corrected chi connectivity index (χ0v) is 16.8. The molecule has 8 unspecified atom stereocenters. The molecule has 4 aliphatic carbocycles. The van der Waals surface area contributed by atoms with Crippen LogP contribution in [0.5, 0.6) is 0 Å². The van der Waals surface area contributed by atoms with Crippen molar-refractivity contribution in [3.8, 4) is 0 Å². The van der Waals surface area contributed by atoms with Gasteiger partial charge in [0.15, 0.2) is 0 Å². The normalized spacial score (nSPS) is 49.7. The Kier molecular flexibility index (Phi) is 4.36. The molecule has 3 nitrogen and oxygen atoms in total. The molecule has 3 heteroatoms. The zero-order chi connectivity index (χ0) is 18.7. The number of carbonyl (C=O) groups excluding carboxylic acids is 2. The molecule has 0 bridgehead atoms. The van der Waals surface area contributed by atoms with Crippen LogP contribution in [0.2, 0.25) is 0 Å². The summed E-state index contributed by atoms with van der Waals surface area (Å²) in [5, 5.41) is 0. The summed E-state index contributed by atoms with van der Waals surface area (Å²) in [5.41, 5.74) is 0.400. The molecule has 0 aromatic rings. The molecule has 0 amide bonds. The number of carbonyl (C=O) groups is 2. The predicted molar refractivity (Wildman–Crippen MR) is 101 cm³/mol. The molecule has 0 aromatic carbocycles. The minimum absolute atomic E-state index is 0.0745. The smallest absolute Gasteiger partial charge is 0.302 e. The number of ketones is 1. The summed E-state index contributed by atoms with van der Waals surface area (Å²) in [6, 6.07) is 0. The predicted octanol–water partition coefficient (Wildman–Crippen LogP) is 4.94. The molecule has 0 radical (unpaired) electrons. The second-order valence-electron chi connectivity index (χ2n) is 10.0. The Morgan fingerprint density at radius 1 is 1.04 bits per heavy atom. The molecule has 0 N–H and O–H groups in total. The first-order valence-electron chi connectivity index (χ1n) is 10.6. The molecule has 0 aliphatic heterocycles. The van der Waals surface area contributed by atoms with Crippen LogP contribution in [-0.4, -0.2) is 17.9 Å². The van der Waals surface area contributed by atoms with E-state index in [0.717, 1.165) is 31.6 Å². The van der Waals surface area contributed by atoms with Crippen LogP contribution in [0, 0.1) is 40.4 Å². The van der Waals surface area contributed by atoms with Crippen molar-refractivity contribution in [2.24, 2.45) is 40.4 Å². The Hall–Kier alpha value is -1.12. The number of allylic oxidation sites excluding steroid dienone is 2. The van der Waals surface area contributed by atoms with Gasteiger partial charge in [-0.1, -0.05) is 26.0 Å². The number of hydrogen-bond donors (Lipinski definition) is 0. The lowest BCUT2D eigenvalue weighted by Crippen LogP contribution is -2.52. The topological polar surface area (TPSA) is 43.4 Å². The van der Waals surface area contributed by atoms with Gasteiger partial charge in [-0.05, 0) is 86.4 Å². The number of ether oxygens (including phenoxy) is 1. The molecule has 4 aliphatic rings. The van der Waals surface area contributed by atoms with Gasteiger partial charge in [0.1, 0.15) is 11.9 Å². The van der Waals surface area contributed by atoms with Crippen molar-refractivity contribution in [1.29, 1.82) is 0 Å². The standard InChI is InChI=1S/C23H34O3/c1-14(24)19-7-8-20-18-6-5-16-13-17(26-15(2)25)9-11-22(16,3)21(18)10-12-23(19,20)4/h10,12,16-21H,5-9,11,13H2,1-4H3. The summed E-state index contributed by atoms with van der Waals surface area (Å²) < 4.78 is 5.55. The molecule has 0 spiro atoms. The van der Waals surface area contributed by atoms with E-state index in [1.54, 1.807) is 6.92 Å². The van der Waals surface area contributed by atoms with Gasteiger partial charge in [0.05, 0.1) is 0 Å². The molecule has 3 saturated carbocycles. The number of hydrogen-bond acceptors (Lipinski definition) is 3. The highest BCUT2D eigenvalue weighted by Crippen LogP contribution is 2.65. The van der Waals surface area contributed by atoms with Crippen molar-refractivity contribution in [2.75, 3.05) is 0 Å². The highest BCUT2D eigenvalue weighted by Gasteiger charge is 2.59. The summed E-state index contributed by atoms with van der Waals surface area (Å²) in [7, 11) is 0. The van der Waals surface area contributed by atoms with Gasteiger partial charge in [-0.15, -0.1) is 0 Å². The Balaban J connectivity index is 1.59. The number of Topliss-reactive ketones (excluding diaryl/α,β-unsaturated/α-hetero) is 1. The summed E-state index contributed by atoms with van der Waals surface area (Å²) >= 11 is 0. The third kappa shape index (κ3) is 2.60. The number of rotatable bonds is 2. The molecular formula is C23H34O3. The summed E-state index contributed by atoms with van der Waals surface area (Å²) in [5.74, 6) is 3.12. The maximum absolute atomic E-state index is 12.2. The molecule has 144 valence electrons. The quantitative estimate of drug-likeness (QED) is 0.518. The molecule has 4 rings (SSSR count). The minimum atomic E-state index is -0.137. The van der Waals surface area contributed by atoms with Gasteiger partial charge in [-0.25, -0.2) is 0 Å². The van der Waals surface area contributed by atoms with E-state index in [9.17, 15) is 9.59 Å². The fraction of sp³-hybridized carbons (Fsp3) is 0.826. The molecule has 26 heavy (non-hydrogen) atoms.